The fourth-order valence-corrected chi connectivity index (χ4v) is 6.16. The Hall–Kier alpha value is -2.10. The van der Waals surface area contributed by atoms with E-state index in [-0.39, 0.29) is 17.3 Å². The predicted octanol–water partition coefficient (Wildman–Crippen LogP) is 4.38. The standard InChI is InChI=1S/C23H29BrN2O5S/c1-5-16-12-18(24)11-15(2)22(16)25-23(27)17-7-6-10-26(14-17)32(28,29)19-8-9-20(30-3)21(13-19)31-4/h8-9,11-13,17H,5-7,10,14H2,1-4H3,(H,25,27). The van der Waals surface area contributed by atoms with Gasteiger partial charge in [0.15, 0.2) is 11.5 Å². The molecule has 2 aromatic carbocycles. The van der Waals surface area contributed by atoms with Crippen molar-refractivity contribution in [3.8, 4) is 11.5 Å². The molecule has 0 saturated carbocycles. The van der Waals surface area contributed by atoms with Gasteiger partial charge in [0.25, 0.3) is 0 Å². The number of piperidine rings is 1. The highest BCUT2D eigenvalue weighted by Crippen LogP contribution is 2.33. The number of methoxy groups -OCH3 is 2. The Morgan fingerprint density at radius 3 is 2.56 bits per heavy atom. The Labute approximate surface area is 198 Å². The molecule has 0 aliphatic carbocycles. The van der Waals surface area contributed by atoms with Crippen molar-refractivity contribution in [3.63, 3.8) is 0 Å². The van der Waals surface area contributed by atoms with Crippen LogP contribution in [0.15, 0.2) is 39.7 Å². The lowest BCUT2D eigenvalue weighted by atomic mass is 9.98. The number of ether oxygens (including phenoxy) is 2. The minimum Gasteiger partial charge on any atom is -0.493 e. The molecule has 174 valence electrons. The third kappa shape index (κ3) is 5.10. The van der Waals surface area contributed by atoms with Gasteiger partial charge >= 0.3 is 0 Å². The first-order valence-electron chi connectivity index (χ1n) is 10.5. The van der Waals surface area contributed by atoms with Gasteiger partial charge in [0.2, 0.25) is 15.9 Å². The van der Waals surface area contributed by atoms with Crippen molar-refractivity contribution in [3.05, 3.63) is 45.9 Å². The Morgan fingerprint density at radius 2 is 1.91 bits per heavy atom. The second-order valence-corrected chi connectivity index (χ2v) is 10.7. The van der Waals surface area contributed by atoms with Crippen LogP contribution in [-0.4, -0.2) is 45.9 Å². The van der Waals surface area contributed by atoms with Crippen molar-refractivity contribution < 1.29 is 22.7 Å². The minimum absolute atomic E-state index is 0.119. The zero-order valence-electron chi connectivity index (χ0n) is 18.8. The van der Waals surface area contributed by atoms with Crippen LogP contribution in [0.2, 0.25) is 0 Å². The second kappa shape index (κ2) is 10.2. The fourth-order valence-electron chi connectivity index (χ4n) is 4.00. The lowest BCUT2D eigenvalue weighted by Gasteiger charge is -2.31. The molecule has 1 amide bonds. The van der Waals surface area contributed by atoms with Gasteiger partial charge in [-0.3, -0.25) is 4.79 Å². The molecule has 1 saturated heterocycles. The number of halogens is 1. The Balaban J connectivity index is 1.80. The average Bonchev–Trinajstić information content (AvgIpc) is 2.79. The molecule has 1 aliphatic rings. The Morgan fingerprint density at radius 1 is 1.19 bits per heavy atom. The zero-order valence-corrected chi connectivity index (χ0v) is 21.2. The zero-order chi connectivity index (χ0) is 23.5. The predicted molar refractivity (Wildman–Crippen MR) is 128 cm³/mol. The molecule has 0 spiro atoms. The SMILES string of the molecule is CCc1cc(Br)cc(C)c1NC(=O)C1CCCN(S(=O)(=O)c2ccc(OC)c(OC)c2)C1. The van der Waals surface area contributed by atoms with Gasteiger partial charge in [0.05, 0.1) is 25.0 Å². The van der Waals surface area contributed by atoms with E-state index < -0.39 is 15.9 Å². The topological polar surface area (TPSA) is 84.9 Å². The summed E-state index contributed by atoms with van der Waals surface area (Å²) >= 11 is 3.50. The molecule has 1 atom stereocenters. The average molecular weight is 525 g/mol. The summed E-state index contributed by atoms with van der Waals surface area (Å²) in [5.74, 6) is 0.223. The molecule has 1 N–H and O–H groups in total. The van der Waals surface area contributed by atoms with Gasteiger partial charge < -0.3 is 14.8 Å². The molecule has 32 heavy (non-hydrogen) atoms. The number of benzene rings is 2. The van der Waals surface area contributed by atoms with Gasteiger partial charge in [-0.2, -0.15) is 4.31 Å². The van der Waals surface area contributed by atoms with Crippen LogP contribution < -0.4 is 14.8 Å². The summed E-state index contributed by atoms with van der Waals surface area (Å²) in [5.41, 5.74) is 2.81. The largest absolute Gasteiger partial charge is 0.493 e. The summed E-state index contributed by atoms with van der Waals surface area (Å²) < 4.78 is 39.3. The number of amides is 1. The monoisotopic (exact) mass is 524 g/mol. The van der Waals surface area contributed by atoms with Crippen molar-refractivity contribution in [1.82, 2.24) is 4.31 Å². The maximum absolute atomic E-state index is 13.3. The maximum atomic E-state index is 13.3. The quantitative estimate of drug-likeness (QED) is 0.580. The van der Waals surface area contributed by atoms with E-state index in [9.17, 15) is 13.2 Å². The van der Waals surface area contributed by atoms with Crippen LogP contribution in [0.3, 0.4) is 0 Å². The molecule has 0 bridgehead atoms. The summed E-state index contributed by atoms with van der Waals surface area (Å²) in [4.78, 5) is 13.2. The van der Waals surface area contributed by atoms with Crippen molar-refractivity contribution >= 4 is 37.5 Å². The van der Waals surface area contributed by atoms with Crippen LogP contribution in [0.25, 0.3) is 0 Å². The van der Waals surface area contributed by atoms with Gasteiger partial charge in [-0.25, -0.2) is 8.42 Å². The number of hydrogen-bond donors (Lipinski definition) is 1. The van der Waals surface area contributed by atoms with Gasteiger partial charge in [0, 0.05) is 29.3 Å². The van der Waals surface area contributed by atoms with Crippen LogP contribution in [0.5, 0.6) is 11.5 Å². The van der Waals surface area contributed by atoms with E-state index in [1.165, 1.54) is 30.7 Å². The van der Waals surface area contributed by atoms with Crippen LogP contribution in [0, 0.1) is 12.8 Å². The van der Waals surface area contributed by atoms with Crippen molar-refractivity contribution in [2.75, 3.05) is 32.6 Å². The third-order valence-electron chi connectivity index (χ3n) is 5.76. The smallest absolute Gasteiger partial charge is 0.243 e. The number of carbonyl (C=O) groups excluding carboxylic acids is 1. The molecule has 1 aliphatic heterocycles. The first-order chi connectivity index (χ1) is 15.2. The maximum Gasteiger partial charge on any atom is 0.243 e. The molecule has 7 nitrogen and oxygen atoms in total. The molecule has 1 heterocycles. The van der Waals surface area contributed by atoms with E-state index in [1.54, 1.807) is 6.07 Å². The molecule has 9 heteroatoms. The highest BCUT2D eigenvalue weighted by atomic mass is 79.9. The van der Waals surface area contributed by atoms with E-state index in [4.69, 9.17) is 9.47 Å². The number of anilines is 1. The highest BCUT2D eigenvalue weighted by Gasteiger charge is 2.34. The van der Waals surface area contributed by atoms with Crippen LogP contribution in [0.4, 0.5) is 5.69 Å². The van der Waals surface area contributed by atoms with Crippen LogP contribution in [0.1, 0.15) is 30.9 Å². The highest BCUT2D eigenvalue weighted by molar-refractivity contribution is 9.10. The number of sulfonamides is 1. The summed E-state index contributed by atoms with van der Waals surface area (Å²) in [6.45, 7) is 4.50. The number of aryl methyl sites for hydroxylation is 2. The number of nitrogens with zero attached hydrogens (tertiary/aromatic N) is 1. The minimum atomic E-state index is -3.77. The normalized spacial score (nSPS) is 17.1. The molecule has 0 aromatic heterocycles. The number of nitrogens with one attached hydrogen (secondary N) is 1. The van der Waals surface area contributed by atoms with Gasteiger partial charge in [0.1, 0.15) is 0 Å². The lowest BCUT2D eigenvalue weighted by Crippen LogP contribution is -2.43. The summed E-state index contributed by atoms with van der Waals surface area (Å²) in [6, 6.07) is 8.48. The molecular formula is C23H29BrN2O5S. The van der Waals surface area contributed by atoms with Crippen molar-refractivity contribution in [2.45, 2.75) is 38.0 Å². The Bertz CT molecular complexity index is 1100. The van der Waals surface area contributed by atoms with E-state index in [2.05, 4.69) is 21.2 Å². The van der Waals surface area contributed by atoms with Crippen molar-refractivity contribution in [1.29, 1.82) is 0 Å². The van der Waals surface area contributed by atoms with Gasteiger partial charge in [-0.15, -0.1) is 0 Å². The van der Waals surface area contributed by atoms with Gasteiger partial charge in [-0.05, 0) is 61.6 Å². The molecule has 1 fully saturated rings. The van der Waals surface area contributed by atoms with Crippen LogP contribution >= 0.6 is 15.9 Å². The first-order valence-corrected chi connectivity index (χ1v) is 12.8. The van der Waals surface area contributed by atoms with Gasteiger partial charge in [-0.1, -0.05) is 22.9 Å². The van der Waals surface area contributed by atoms with Crippen molar-refractivity contribution in [2.24, 2.45) is 5.92 Å². The summed E-state index contributed by atoms with van der Waals surface area (Å²) in [5, 5.41) is 3.05. The van der Waals surface area contributed by atoms with Crippen LogP contribution in [-0.2, 0) is 21.2 Å². The lowest BCUT2D eigenvalue weighted by molar-refractivity contribution is -0.120. The summed E-state index contributed by atoms with van der Waals surface area (Å²) in [6.07, 6.45) is 2.03. The second-order valence-electron chi connectivity index (χ2n) is 7.82. The fraction of sp³-hybridized carbons (Fsp3) is 0.435. The Kier molecular flexibility index (Phi) is 7.84. The summed E-state index contributed by atoms with van der Waals surface area (Å²) in [7, 11) is -0.814. The molecule has 3 rings (SSSR count). The van der Waals surface area contributed by atoms with E-state index in [0.29, 0.717) is 30.9 Å². The van der Waals surface area contributed by atoms with E-state index in [0.717, 1.165) is 27.7 Å². The third-order valence-corrected chi connectivity index (χ3v) is 8.08. The number of carbonyl (C=O) groups is 1. The number of hydrogen-bond acceptors (Lipinski definition) is 5. The number of rotatable bonds is 7. The molecule has 0 radical (unpaired) electrons. The molecular weight excluding hydrogens is 496 g/mol. The van der Waals surface area contributed by atoms with E-state index in [1.807, 2.05) is 26.0 Å². The first kappa shape index (κ1) is 24.5. The molecule has 2 aromatic rings. The van der Waals surface area contributed by atoms with E-state index >= 15 is 0 Å². The molecule has 1 unspecified atom stereocenters.